The first kappa shape index (κ1) is 16.1. The Morgan fingerprint density at radius 2 is 1.90 bits per heavy atom. The summed E-state index contributed by atoms with van der Waals surface area (Å²) in [6.07, 6.45) is 0. The van der Waals surface area contributed by atoms with Gasteiger partial charge in [-0.15, -0.1) is 0 Å². The van der Waals surface area contributed by atoms with E-state index in [0.29, 0.717) is 21.5 Å². The molecule has 0 saturated heterocycles. The largest absolute Gasteiger partial charge is 0.482 e. The minimum Gasteiger partial charge on any atom is -0.482 e. The summed E-state index contributed by atoms with van der Waals surface area (Å²) >= 11 is 15.2. The molecule has 0 radical (unpaired) electrons. The van der Waals surface area contributed by atoms with Gasteiger partial charge in [0.15, 0.2) is 6.61 Å². The van der Waals surface area contributed by atoms with Crippen LogP contribution < -0.4 is 10.1 Å². The molecule has 2 aromatic rings. The van der Waals surface area contributed by atoms with Crippen molar-refractivity contribution in [3.8, 4) is 5.75 Å². The van der Waals surface area contributed by atoms with Gasteiger partial charge in [0.2, 0.25) is 0 Å². The van der Waals surface area contributed by atoms with Crippen LogP contribution >= 0.6 is 39.1 Å². The summed E-state index contributed by atoms with van der Waals surface area (Å²) < 4.78 is 6.35. The number of aryl methyl sites for hydroxylation is 1. The Morgan fingerprint density at radius 3 is 2.52 bits per heavy atom. The normalized spacial score (nSPS) is 10.3. The Balaban J connectivity index is 1.97. The molecule has 0 aliphatic carbocycles. The molecule has 0 aromatic heterocycles. The Hall–Kier alpha value is -1.23. The van der Waals surface area contributed by atoms with Crippen molar-refractivity contribution in [3.63, 3.8) is 0 Å². The van der Waals surface area contributed by atoms with Crippen LogP contribution in [0.2, 0.25) is 10.0 Å². The fourth-order valence-electron chi connectivity index (χ4n) is 1.74. The molecule has 2 rings (SSSR count). The lowest BCUT2D eigenvalue weighted by atomic mass is 10.2. The highest BCUT2D eigenvalue weighted by atomic mass is 79.9. The third-order valence-corrected chi connectivity index (χ3v) is 3.66. The molecule has 21 heavy (non-hydrogen) atoms. The zero-order chi connectivity index (χ0) is 15.4. The summed E-state index contributed by atoms with van der Waals surface area (Å²) in [6, 6.07) is 10.4. The highest BCUT2D eigenvalue weighted by Crippen LogP contribution is 2.31. The summed E-state index contributed by atoms with van der Waals surface area (Å²) in [4.78, 5) is 11.8. The van der Waals surface area contributed by atoms with Crippen LogP contribution in [0.3, 0.4) is 0 Å². The zero-order valence-electron chi connectivity index (χ0n) is 11.1. The molecule has 0 aliphatic rings. The Bertz CT molecular complexity index is 636. The van der Waals surface area contributed by atoms with E-state index in [2.05, 4.69) is 21.2 Å². The first-order valence-corrected chi connectivity index (χ1v) is 7.64. The van der Waals surface area contributed by atoms with Gasteiger partial charge < -0.3 is 10.1 Å². The van der Waals surface area contributed by atoms with Crippen molar-refractivity contribution in [1.82, 2.24) is 0 Å². The number of anilines is 1. The predicted molar refractivity (Wildman–Crippen MR) is 89.5 cm³/mol. The average molecular weight is 389 g/mol. The maximum absolute atomic E-state index is 11.8. The SMILES string of the molecule is Cc1cc(Br)cc(Cl)c1OCC(=O)Nc1ccc(Cl)cc1. The van der Waals surface area contributed by atoms with Crippen molar-refractivity contribution in [2.75, 3.05) is 11.9 Å². The van der Waals surface area contributed by atoms with E-state index in [1.807, 2.05) is 13.0 Å². The topological polar surface area (TPSA) is 38.3 Å². The molecule has 0 bridgehead atoms. The Morgan fingerprint density at radius 1 is 1.24 bits per heavy atom. The van der Waals surface area contributed by atoms with Crippen LogP contribution in [0, 0.1) is 6.92 Å². The Kier molecular flexibility index (Phi) is 5.51. The van der Waals surface area contributed by atoms with E-state index in [-0.39, 0.29) is 12.5 Å². The summed E-state index contributed by atoms with van der Waals surface area (Å²) in [7, 11) is 0. The second-order valence-corrected chi connectivity index (χ2v) is 6.14. The van der Waals surface area contributed by atoms with Crippen molar-refractivity contribution in [2.24, 2.45) is 0 Å². The molecule has 0 spiro atoms. The molecule has 0 unspecified atom stereocenters. The standard InChI is InChI=1S/C15H12BrCl2NO2/c1-9-6-10(16)7-13(18)15(9)21-8-14(20)19-12-4-2-11(17)3-5-12/h2-7H,8H2,1H3,(H,19,20). The monoisotopic (exact) mass is 387 g/mol. The van der Waals surface area contributed by atoms with Gasteiger partial charge in [-0.2, -0.15) is 0 Å². The molecule has 6 heteroatoms. The summed E-state index contributed by atoms with van der Waals surface area (Å²) in [6.45, 7) is 1.74. The first-order chi connectivity index (χ1) is 9.95. The number of amides is 1. The molecule has 3 nitrogen and oxygen atoms in total. The molecule has 0 saturated carbocycles. The maximum atomic E-state index is 11.8. The lowest BCUT2D eigenvalue weighted by Crippen LogP contribution is -2.20. The predicted octanol–water partition coefficient (Wildman–Crippen LogP) is 5.08. The number of hydrogen-bond acceptors (Lipinski definition) is 2. The molecule has 1 amide bonds. The molecule has 0 aliphatic heterocycles. The number of carbonyl (C=O) groups excluding carboxylic acids is 1. The fourth-order valence-corrected chi connectivity index (χ4v) is 2.89. The van der Waals surface area contributed by atoms with E-state index in [4.69, 9.17) is 27.9 Å². The van der Waals surface area contributed by atoms with Gasteiger partial charge in [0.25, 0.3) is 5.91 Å². The van der Waals surface area contributed by atoms with Crippen molar-refractivity contribution in [1.29, 1.82) is 0 Å². The second kappa shape index (κ2) is 7.16. The van der Waals surface area contributed by atoms with Crippen LogP contribution in [-0.4, -0.2) is 12.5 Å². The summed E-state index contributed by atoms with van der Waals surface area (Å²) in [5.74, 6) is 0.238. The van der Waals surface area contributed by atoms with Crippen LogP contribution in [-0.2, 0) is 4.79 Å². The molecular weight excluding hydrogens is 377 g/mol. The molecular formula is C15H12BrCl2NO2. The van der Waals surface area contributed by atoms with Crippen molar-refractivity contribution in [2.45, 2.75) is 6.92 Å². The van der Waals surface area contributed by atoms with E-state index < -0.39 is 0 Å². The van der Waals surface area contributed by atoms with Gasteiger partial charge in [-0.25, -0.2) is 0 Å². The molecule has 0 fully saturated rings. The zero-order valence-corrected chi connectivity index (χ0v) is 14.2. The molecule has 2 aromatic carbocycles. The minimum absolute atomic E-state index is 0.120. The van der Waals surface area contributed by atoms with Crippen molar-refractivity contribution >= 4 is 50.7 Å². The number of carbonyl (C=O) groups is 1. The van der Waals surface area contributed by atoms with E-state index in [9.17, 15) is 4.79 Å². The second-order valence-electron chi connectivity index (χ2n) is 4.38. The highest BCUT2D eigenvalue weighted by molar-refractivity contribution is 9.10. The smallest absolute Gasteiger partial charge is 0.262 e. The number of benzene rings is 2. The third kappa shape index (κ3) is 4.63. The van der Waals surface area contributed by atoms with Crippen LogP contribution in [0.1, 0.15) is 5.56 Å². The van der Waals surface area contributed by atoms with Crippen LogP contribution in [0.15, 0.2) is 40.9 Å². The van der Waals surface area contributed by atoms with Gasteiger partial charge >= 0.3 is 0 Å². The van der Waals surface area contributed by atoms with Gasteiger partial charge in [0, 0.05) is 15.2 Å². The average Bonchev–Trinajstić information content (AvgIpc) is 2.40. The first-order valence-electron chi connectivity index (χ1n) is 6.09. The van der Waals surface area contributed by atoms with Gasteiger partial charge in [-0.05, 0) is 48.9 Å². The van der Waals surface area contributed by atoms with Crippen LogP contribution in [0.4, 0.5) is 5.69 Å². The maximum Gasteiger partial charge on any atom is 0.262 e. The van der Waals surface area contributed by atoms with Gasteiger partial charge in [-0.3, -0.25) is 4.79 Å². The lowest BCUT2D eigenvalue weighted by molar-refractivity contribution is -0.118. The Labute approximate surface area is 141 Å². The van der Waals surface area contributed by atoms with E-state index in [1.165, 1.54) is 0 Å². The minimum atomic E-state index is -0.268. The number of halogens is 3. The number of hydrogen-bond donors (Lipinski definition) is 1. The molecule has 1 N–H and O–H groups in total. The number of nitrogens with one attached hydrogen (secondary N) is 1. The van der Waals surface area contributed by atoms with Crippen LogP contribution in [0.5, 0.6) is 5.75 Å². The quantitative estimate of drug-likeness (QED) is 0.792. The van der Waals surface area contributed by atoms with E-state index >= 15 is 0 Å². The van der Waals surface area contributed by atoms with E-state index in [0.717, 1.165) is 10.0 Å². The fraction of sp³-hybridized carbons (Fsp3) is 0.133. The number of rotatable bonds is 4. The van der Waals surface area contributed by atoms with E-state index in [1.54, 1.807) is 30.3 Å². The highest BCUT2D eigenvalue weighted by Gasteiger charge is 2.10. The van der Waals surface area contributed by atoms with Crippen molar-refractivity contribution < 1.29 is 9.53 Å². The number of ether oxygens (including phenoxy) is 1. The third-order valence-electron chi connectivity index (χ3n) is 2.67. The summed E-state index contributed by atoms with van der Waals surface area (Å²) in [5, 5.41) is 3.79. The van der Waals surface area contributed by atoms with Gasteiger partial charge in [0.05, 0.1) is 5.02 Å². The van der Waals surface area contributed by atoms with Crippen LogP contribution in [0.25, 0.3) is 0 Å². The molecule has 0 heterocycles. The molecule has 0 atom stereocenters. The van der Waals surface area contributed by atoms with Gasteiger partial charge in [0.1, 0.15) is 5.75 Å². The van der Waals surface area contributed by atoms with Gasteiger partial charge in [-0.1, -0.05) is 39.1 Å². The molecule has 110 valence electrons. The van der Waals surface area contributed by atoms with Crippen molar-refractivity contribution in [3.05, 3.63) is 56.5 Å². The lowest BCUT2D eigenvalue weighted by Gasteiger charge is -2.11. The summed E-state index contributed by atoms with van der Waals surface area (Å²) in [5.41, 5.74) is 1.51.